The van der Waals surface area contributed by atoms with Crippen LogP contribution in [0.4, 0.5) is 26.3 Å². The van der Waals surface area contributed by atoms with Gasteiger partial charge in [-0.1, -0.05) is 37.7 Å². The maximum atomic E-state index is 12.3. The second-order valence-corrected chi connectivity index (χ2v) is 12.1. The van der Waals surface area contributed by atoms with Crippen molar-refractivity contribution in [1.29, 1.82) is 0 Å². The van der Waals surface area contributed by atoms with Gasteiger partial charge < -0.3 is 4.13 Å². The molecule has 0 spiro atoms. The number of hydrogen-bond acceptors (Lipinski definition) is 6. The van der Waals surface area contributed by atoms with Crippen LogP contribution >= 0.6 is 0 Å². The fourth-order valence-corrected chi connectivity index (χ4v) is 6.32. The molecule has 0 bridgehead atoms. The first-order chi connectivity index (χ1) is 13.3. The molecule has 9 nitrogen and oxygen atoms in total. The topological polar surface area (TPSA) is 141 Å². The van der Waals surface area contributed by atoms with Crippen molar-refractivity contribution < 1.29 is 103 Å². The van der Waals surface area contributed by atoms with Crippen LogP contribution in [0.1, 0.15) is 39.5 Å². The van der Waals surface area contributed by atoms with E-state index >= 15 is 0 Å². The minimum Gasteiger partial charge on any atom is -0.480 e. The second kappa shape index (κ2) is 15.0. The Balaban J connectivity index is -0.000000662. The van der Waals surface area contributed by atoms with E-state index in [-0.39, 0.29) is 63.6 Å². The van der Waals surface area contributed by atoms with Gasteiger partial charge in [0.15, 0.2) is 0 Å². The molecule has 0 aliphatic rings. The Morgan fingerprint density at radius 1 is 0.871 bits per heavy atom. The summed E-state index contributed by atoms with van der Waals surface area (Å²) in [5, 5.41) is 0. The molecule has 0 heterocycles. The van der Waals surface area contributed by atoms with Crippen LogP contribution in [-0.4, -0.2) is 54.5 Å². The summed E-state index contributed by atoms with van der Waals surface area (Å²) in [5.41, 5.74) is -11.0. The van der Waals surface area contributed by atoms with Gasteiger partial charge in [-0.25, -0.2) is 0 Å². The molecule has 0 saturated carbocycles. The SMILES string of the molecule is C=NS(=O)(=O)C(F)(F)F.CCCCS(=O)[N-]S(=O)(CCCC)=NS(=O)(=O)C(F)(F)F.[K+]. The van der Waals surface area contributed by atoms with Gasteiger partial charge in [-0.3, -0.25) is 8.42 Å². The van der Waals surface area contributed by atoms with E-state index in [0.717, 1.165) is 0 Å². The summed E-state index contributed by atoms with van der Waals surface area (Å²) < 4.78 is 143. The molecule has 31 heavy (non-hydrogen) atoms. The van der Waals surface area contributed by atoms with Crippen molar-refractivity contribution in [1.82, 2.24) is 0 Å². The van der Waals surface area contributed by atoms with Crippen molar-refractivity contribution >= 4 is 47.7 Å². The van der Waals surface area contributed by atoms with E-state index in [2.05, 4.69) is 14.6 Å². The van der Waals surface area contributed by atoms with Crippen LogP contribution in [-0.2, 0) is 40.9 Å². The van der Waals surface area contributed by atoms with Crippen LogP contribution in [0.25, 0.3) is 4.13 Å². The fraction of sp³-hybridized carbons (Fsp3) is 0.909. The van der Waals surface area contributed by atoms with Crippen LogP contribution in [0.3, 0.4) is 0 Å². The Morgan fingerprint density at radius 3 is 1.58 bits per heavy atom. The van der Waals surface area contributed by atoms with Crippen LogP contribution in [0.2, 0.25) is 0 Å². The van der Waals surface area contributed by atoms with E-state index in [9.17, 15) is 51.6 Å². The molecule has 0 saturated heterocycles. The van der Waals surface area contributed by atoms with Crippen molar-refractivity contribution in [2.75, 3.05) is 11.5 Å². The summed E-state index contributed by atoms with van der Waals surface area (Å²) in [6, 6.07) is 0. The number of sulfonamides is 2. The van der Waals surface area contributed by atoms with Gasteiger partial charge in [0.1, 0.15) is 0 Å². The predicted octanol–water partition coefficient (Wildman–Crippen LogP) is 0.397. The summed E-state index contributed by atoms with van der Waals surface area (Å²) in [6.07, 6.45) is 1.74. The predicted molar refractivity (Wildman–Crippen MR) is 101 cm³/mol. The maximum Gasteiger partial charge on any atom is 1.00 e. The van der Waals surface area contributed by atoms with E-state index in [1.54, 1.807) is 13.8 Å². The summed E-state index contributed by atoms with van der Waals surface area (Å²) in [5.74, 6) is -0.474. The molecule has 0 aromatic carbocycles. The zero-order valence-corrected chi connectivity index (χ0v) is 23.0. The van der Waals surface area contributed by atoms with Gasteiger partial charge in [0.05, 0.1) is 0 Å². The van der Waals surface area contributed by atoms with Crippen molar-refractivity contribution in [2.24, 2.45) is 8.17 Å². The minimum absolute atomic E-state index is 0. The average molecular weight is 572 g/mol. The van der Waals surface area contributed by atoms with Crippen LogP contribution in [0.5, 0.6) is 0 Å². The van der Waals surface area contributed by atoms with Gasteiger partial charge >= 0.3 is 82.4 Å². The maximum absolute atomic E-state index is 12.3. The van der Waals surface area contributed by atoms with Crippen LogP contribution < -0.4 is 51.4 Å². The third kappa shape index (κ3) is 14.7. The van der Waals surface area contributed by atoms with Gasteiger partial charge in [-0.05, 0) is 22.8 Å². The average Bonchev–Trinajstić information content (AvgIpc) is 2.56. The molecule has 0 radical (unpaired) electrons. The molecule has 0 rings (SSSR count). The van der Waals surface area contributed by atoms with Crippen molar-refractivity contribution in [3.05, 3.63) is 4.13 Å². The normalized spacial score (nSPS) is 15.5. The molecule has 20 heteroatoms. The van der Waals surface area contributed by atoms with E-state index in [1.165, 1.54) is 0 Å². The summed E-state index contributed by atoms with van der Waals surface area (Å²) in [4.78, 5) is 0. The van der Waals surface area contributed by atoms with Gasteiger partial charge in [0.25, 0.3) is 0 Å². The third-order valence-corrected chi connectivity index (χ3v) is 8.89. The number of halogens is 6. The van der Waals surface area contributed by atoms with Crippen molar-refractivity contribution in [3.63, 3.8) is 0 Å². The molecule has 0 N–H and O–H groups in total. The van der Waals surface area contributed by atoms with Gasteiger partial charge in [-0.15, -0.1) is 3.77 Å². The molecule has 2 unspecified atom stereocenters. The minimum atomic E-state index is -5.93. The molecule has 0 aliphatic carbocycles. The number of alkyl halides is 6. The van der Waals surface area contributed by atoms with Gasteiger partial charge in [0, 0.05) is 18.2 Å². The monoisotopic (exact) mass is 571 g/mol. The van der Waals surface area contributed by atoms with Crippen LogP contribution in [0.15, 0.2) is 8.17 Å². The molecule has 0 fully saturated rings. The van der Waals surface area contributed by atoms with Crippen LogP contribution in [0, 0.1) is 0 Å². The van der Waals surface area contributed by atoms with Crippen molar-refractivity contribution in [2.45, 2.75) is 50.5 Å². The second-order valence-electron chi connectivity index (χ2n) is 5.16. The molecule has 0 aromatic rings. The molecule has 0 aliphatic heterocycles. The fourth-order valence-electron chi connectivity index (χ4n) is 1.12. The van der Waals surface area contributed by atoms with E-state index in [0.29, 0.717) is 19.3 Å². The van der Waals surface area contributed by atoms with E-state index in [4.69, 9.17) is 0 Å². The molecule has 0 amide bonds. The standard InChI is InChI=1S/C9H18F3N2O4S3.C2H2F3NO2S.K/c1-3-5-7-19(15)13-20(16,8-6-4-2)14-21(17,18)9(10,11)12;1-6-9(7,8)2(3,4)5;/h3-8H2,1-2H3;1H2;/q-1;;+1. The number of nitrogens with zero attached hydrogens (tertiary/aromatic N) is 3. The van der Waals surface area contributed by atoms with E-state index in [1.807, 2.05) is 4.40 Å². The zero-order chi connectivity index (χ0) is 24.4. The largest absolute Gasteiger partial charge is 1.00 e. The molecule has 2 atom stereocenters. The van der Waals surface area contributed by atoms with Crippen molar-refractivity contribution in [3.8, 4) is 0 Å². The first-order valence-electron chi connectivity index (χ1n) is 7.76. The molecule has 182 valence electrons. The number of unbranched alkanes of at least 4 members (excludes halogenated alkanes) is 2. The Bertz CT molecular complexity index is 911. The van der Waals surface area contributed by atoms with Gasteiger partial charge in [-0.2, -0.15) is 47.6 Å². The third-order valence-electron chi connectivity index (χ3n) is 2.61. The zero-order valence-electron chi connectivity index (χ0n) is 16.6. The van der Waals surface area contributed by atoms with Gasteiger partial charge in [0.2, 0.25) is 0 Å². The Kier molecular flexibility index (Phi) is 17.6. The Hall–Kier alpha value is 0.846. The summed E-state index contributed by atoms with van der Waals surface area (Å²) in [6.45, 7) is 5.71. The molecular weight excluding hydrogens is 551 g/mol. The first kappa shape index (κ1) is 36.4. The van der Waals surface area contributed by atoms with E-state index < -0.39 is 57.7 Å². The summed E-state index contributed by atoms with van der Waals surface area (Å²) in [7, 11) is -17.4. The Labute approximate surface area is 222 Å². The number of rotatable bonds is 10. The quantitative estimate of drug-likeness (QED) is 0.211. The molecule has 0 aromatic heterocycles. The first-order valence-corrected chi connectivity index (χ1v) is 13.6. The smallest absolute Gasteiger partial charge is 0.480 e. The number of hydrogen-bond donors (Lipinski definition) is 0. The summed E-state index contributed by atoms with van der Waals surface area (Å²) >= 11 is 0. The molecular formula is C11H20F6KN3O6S4. The Morgan fingerprint density at radius 2 is 1.29 bits per heavy atom.